The molecule has 1 unspecified atom stereocenters. The van der Waals surface area contributed by atoms with Crippen molar-refractivity contribution in [1.82, 2.24) is 14.7 Å². The fourth-order valence-corrected chi connectivity index (χ4v) is 2.99. The van der Waals surface area contributed by atoms with Gasteiger partial charge in [-0.2, -0.15) is 0 Å². The second kappa shape index (κ2) is 5.97. The van der Waals surface area contributed by atoms with E-state index in [1.807, 2.05) is 14.1 Å². The van der Waals surface area contributed by atoms with Crippen LogP contribution in [0.25, 0.3) is 0 Å². The Balaban J connectivity index is 2.04. The Morgan fingerprint density at radius 2 is 1.95 bits per heavy atom. The molecule has 3 atom stereocenters. The van der Waals surface area contributed by atoms with Crippen molar-refractivity contribution in [3.8, 4) is 0 Å². The number of hydrogen-bond acceptors (Lipinski definition) is 4. The largest absolute Gasteiger partial charge is 0.480 e. The summed E-state index contributed by atoms with van der Waals surface area (Å²) in [6, 6.07) is -0.860. The molecule has 2 saturated heterocycles. The first-order chi connectivity index (χ1) is 9.40. The number of amides is 2. The third kappa shape index (κ3) is 3.04. The number of rotatable bonds is 2. The van der Waals surface area contributed by atoms with E-state index in [9.17, 15) is 14.7 Å². The Hall–Kier alpha value is -1.34. The molecule has 0 aromatic carbocycles. The summed E-state index contributed by atoms with van der Waals surface area (Å²) in [5, 5.41) is 18.8. The number of hydrogen-bond donors (Lipinski definition) is 2. The minimum Gasteiger partial charge on any atom is -0.480 e. The number of carbonyl (C=O) groups excluding carboxylic acids is 1. The summed E-state index contributed by atoms with van der Waals surface area (Å²) < 4.78 is 0. The molecule has 7 nitrogen and oxygen atoms in total. The zero-order valence-electron chi connectivity index (χ0n) is 12.0. The molecule has 0 aliphatic carbocycles. The Morgan fingerprint density at radius 3 is 2.55 bits per heavy atom. The van der Waals surface area contributed by atoms with Gasteiger partial charge < -0.3 is 24.9 Å². The molecule has 0 bridgehead atoms. The van der Waals surface area contributed by atoms with Crippen LogP contribution in [0.2, 0.25) is 0 Å². The predicted octanol–water partition coefficient (Wildman–Crippen LogP) is -0.348. The Kier molecular flexibility index (Phi) is 4.49. The lowest BCUT2D eigenvalue weighted by molar-refractivity contribution is -0.141. The van der Waals surface area contributed by atoms with Crippen LogP contribution in [0, 0.1) is 0 Å². The number of likely N-dealkylation sites (tertiary alicyclic amines) is 2. The highest BCUT2D eigenvalue weighted by molar-refractivity contribution is 5.83. The number of aliphatic hydroxyl groups is 1. The van der Waals surface area contributed by atoms with Gasteiger partial charge in [-0.15, -0.1) is 0 Å². The third-order valence-electron chi connectivity index (χ3n) is 4.21. The molecule has 2 fully saturated rings. The molecule has 0 aromatic rings. The average Bonchev–Trinajstić information content (AvgIpc) is 2.80. The lowest BCUT2D eigenvalue weighted by atomic mass is 10.1. The molecule has 0 saturated carbocycles. The topological polar surface area (TPSA) is 84.3 Å². The first-order valence-electron chi connectivity index (χ1n) is 7.03. The minimum absolute atomic E-state index is 0.110. The van der Waals surface area contributed by atoms with Gasteiger partial charge in [-0.1, -0.05) is 0 Å². The Bertz CT molecular complexity index is 388. The standard InChI is InChI=1S/C13H23N3O4/c1-14(2)9-4-3-5-15(7-9)13(20)16-8-10(17)6-11(16)12(18)19/h9-11,17H,3-8H2,1-2H3,(H,18,19)/t9?,10-,11+/m1/s1. The van der Waals surface area contributed by atoms with Gasteiger partial charge in [0.15, 0.2) is 0 Å². The number of carbonyl (C=O) groups is 2. The van der Waals surface area contributed by atoms with Crippen LogP contribution in [-0.4, -0.2) is 88.8 Å². The summed E-state index contributed by atoms with van der Waals surface area (Å²) >= 11 is 0. The number of nitrogens with zero attached hydrogens (tertiary/aromatic N) is 3. The van der Waals surface area contributed by atoms with Crippen molar-refractivity contribution in [1.29, 1.82) is 0 Å². The molecule has 2 N–H and O–H groups in total. The Labute approximate surface area is 118 Å². The number of urea groups is 1. The smallest absolute Gasteiger partial charge is 0.326 e. The zero-order valence-corrected chi connectivity index (χ0v) is 12.0. The molecule has 0 spiro atoms. The van der Waals surface area contributed by atoms with E-state index >= 15 is 0 Å². The molecule has 0 aromatic heterocycles. The number of aliphatic hydroxyl groups excluding tert-OH is 1. The van der Waals surface area contributed by atoms with Crippen LogP contribution in [0.15, 0.2) is 0 Å². The third-order valence-corrected chi connectivity index (χ3v) is 4.21. The molecule has 20 heavy (non-hydrogen) atoms. The number of likely N-dealkylation sites (N-methyl/N-ethyl adjacent to an activating group) is 1. The van der Waals surface area contributed by atoms with E-state index in [4.69, 9.17) is 5.11 Å². The van der Waals surface area contributed by atoms with Gasteiger partial charge in [0.05, 0.1) is 6.10 Å². The molecule has 2 aliphatic rings. The highest BCUT2D eigenvalue weighted by Crippen LogP contribution is 2.22. The summed E-state index contributed by atoms with van der Waals surface area (Å²) in [7, 11) is 3.97. The summed E-state index contributed by atoms with van der Waals surface area (Å²) in [6.45, 7) is 1.38. The van der Waals surface area contributed by atoms with Gasteiger partial charge in [-0.25, -0.2) is 9.59 Å². The second-order valence-electron chi connectivity index (χ2n) is 5.88. The van der Waals surface area contributed by atoms with Gasteiger partial charge in [0.2, 0.25) is 0 Å². The van der Waals surface area contributed by atoms with Crippen LogP contribution >= 0.6 is 0 Å². The Morgan fingerprint density at radius 1 is 1.25 bits per heavy atom. The number of carboxylic acid groups (broad SMARTS) is 1. The van der Waals surface area contributed by atoms with Gasteiger partial charge in [0, 0.05) is 32.1 Å². The van der Waals surface area contributed by atoms with Crippen LogP contribution in [0.3, 0.4) is 0 Å². The van der Waals surface area contributed by atoms with Crippen molar-refractivity contribution in [3.63, 3.8) is 0 Å². The van der Waals surface area contributed by atoms with Crippen LogP contribution < -0.4 is 0 Å². The summed E-state index contributed by atoms with van der Waals surface area (Å²) in [4.78, 5) is 28.8. The van der Waals surface area contributed by atoms with Crippen molar-refractivity contribution in [2.24, 2.45) is 0 Å². The monoisotopic (exact) mass is 285 g/mol. The first-order valence-corrected chi connectivity index (χ1v) is 7.03. The van der Waals surface area contributed by atoms with Crippen LogP contribution in [0.5, 0.6) is 0 Å². The molecule has 0 radical (unpaired) electrons. The van der Waals surface area contributed by atoms with Gasteiger partial charge in [0.25, 0.3) is 0 Å². The van der Waals surface area contributed by atoms with Crippen molar-refractivity contribution in [2.75, 3.05) is 33.7 Å². The van der Waals surface area contributed by atoms with Gasteiger partial charge >= 0.3 is 12.0 Å². The normalized spacial score (nSPS) is 30.9. The van der Waals surface area contributed by atoms with Crippen LogP contribution in [0.4, 0.5) is 4.79 Å². The number of piperidine rings is 1. The molecule has 2 rings (SSSR count). The SMILES string of the molecule is CN(C)C1CCCN(C(=O)N2C[C@H](O)C[C@H]2C(=O)O)C1. The summed E-state index contributed by atoms with van der Waals surface area (Å²) in [6.07, 6.45) is 1.34. The van der Waals surface area contributed by atoms with Crippen molar-refractivity contribution in [2.45, 2.75) is 37.5 Å². The van der Waals surface area contributed by atoms with Gasteiger partial charge in [0.1, 0.15) is 6.04 Å². The molecular weight excluding hydrogens is 262 g/mol. The molecule has 2 aliphatic heterocycles. The van der Waals surface area contributed by atoms with E-state index in [1.54, 1.807) is 4.90 Å². The van der Waals surface area contributed by atoms with Crippen molar-refractivity contribution in [3.05, 3.63) is 0 Å². The van der Waals surface area contributed by atoms with E-state index in [0.717, 1.165) is 12.8 Å². The van der Waals surface area contributed by atoms with Crippen molar-refractivity contribution >= 4 is 12.0 Å². The number of β-amino-alcohol motifs (C(OH)–C–C–N with tert-alkyl or cyclic N) is 1. The molecule has 114 valence electrons. The summed E-state index contributed by atoms with van der Waals surface area (Å²) in [5.41, 5.74) is 0. The highest BCUT2D eigenvalue weighted by atomic mass is 16.4. The van der Waals surface area contributed by atoms with Crippen LogP contribution in [-0.2, 0) is 4.79 Å². The lowest BCUT2D eigenvalue weighted by Crippen LogP contribution is -2.54. The van der Waals surface area contributed by atoms with Crippen LogP contribution in [0.1, 0.15) is 19.3 Å². The maximum atomic E-state index is 12.5. The average molecular weight is 285 g/mol. The van der Waals surface area contributed by atoms with E-state index in [2.05, 4.69) is 4.90 Å². The molecular formula is C13H23N3O4. The maximum absolute atomic E-state index is 12.5. The quantitative estimate of drug-likeness (QED) is 0.724. The van der Waals surface area contributed by atoms with Gasteiger partial charge in [-0.3, -0.25) is 0 Å². The van der Waals surface area contributed by atoms with Gasteiger partial charge in [-0.05, 0) is 26.9 Å². The summed E-state index contributed by atoms with van der Waals surface area (Å²) in [5.74, 6) is -1.05. The van der Waals surface area contributed by atoms with E-state index in [1.165, 1.54) is 4.90 Å². The number of carboxylic acids is 1. The maximum Gasteiger partial charge on any atom is 0.326 e. The van der Waals surface area contributed by atoms with E-state index in [0.29, 0.717) is 19.1 Å². The lowest BCUT2D eigenvalue weighted by Gasteiger charge is -2.38. The molecule has 2 amide bonds. The fourth-order valence-electron chi connectivity index (χ4n) is 2.99. The second-order valence-corrected chi connectivity index (χ2v) is 5.88. The van der Waals surface area contributed by atoms with Crippen molar-refractivity contribution < 1.29 is 19.8 Å². The number of aliphatic carboxylic acids is 1. The first kappa shape index (κ1) is 15.1. The predicted molar refractivity (Wildman–Crippen MR) is 72.4 cm³/mol. The minimum atomic E-state index is -1.05. The highest BCUT2D eigenvalue weighted by Gasteiger charge is 2.41. The van der Waals surface area contributed by atoms with E-state index < -0.39 is 18.1 Å². The fraction of sp³-hybridized carbons (Fsp3) is 0.846. The van der Waals surface area contributed by atoms with E-state index in [-0.39, 0.29) is 19.0 Å². The zero-order chi connectivity index (χ0) is 14.9. The molecule has 2 heterocycles. The molecule has 7 heteroatoms.